The van der Waals surface area contributed by atoms with E-state index in [-0.39, 0.29) is 0 Å². The fourth-order valence-corrected chi connectivity index (χ4v) is 4.77. The lowest BCUT2D eigenvalue weighted by atomic mass is 10.1. The Balaban J connectivity index is 1.49. The van der Waals surface area contributed by atoms with Crippen LogP contribution in [0.2, 0.25) is 0 Å². The summed E-state index contributed by atoms with van der Waals surface area (Å²) >= 11 is 1.68. The maximum Gasteiger partial charge on any atom is 0.160 e. The summed E-state index contributed by atoms with van der Waals surface area (Å²) in [5.41, 5.74) is 6.22. The predicted octanol–water partition coefficient (Wildman–Crippen LogP) is 5.77. The van der Waals surface area contributed by atoms with Crippen molar-refractivity contribution in [1.82, 2.24) is 19.8 Å². The topological polar surface area (TPSA) is 57.0 Å². The molecule has 0 saturated carbocycles. The molecule has 37 heavy (non-hydrogen) atoms. The molecule has 0 N–H and O–H groups in total. The van der Waals surface area contributed by atoms with Gasteiger partial charge in [0.25, 0.3) is 0 Å². The van der Waals surface area contributed by atoms with Gasteiger partial charge in [-0.25, -0.2) is 9.97 Å². The van der Waals surface area contributed by atoms with E-state index in [1.165, 1.54) is 0 Å². The molecule has 0 fully saturated rings. The third-order valence-corrected chi connectivity index (χ3v) is 6.83. The molecule has 0 spiro atoms. The Labute approximate surface area is 224 Å². The average molecular weight is 513 g/mol. The van der Waals surface area contributed by atoms with E-state index in [1.54, 1.807) is 11.3 Å². The van der Waals surface area contributed by atoms with Crippen LogP contribution in [0.4, 0.5) is 0 Å². The summed E-state index contributed by atoms with van der Waals surface area (Å²) in [5, 5.41) is 2.08. The molecule has 0 radical (unpaired) electrons. The Kier molecular flexibility index (Phi) is 9.65. The number of rotatable bonds is 12. The molecule has 0 saturated heterocycles. The Morgan fingerprint density at radius 1 is 0.703 bits per heavy atom. The first-order chi connectivity index (χ1) is 18.0. The van der Waals surface area contributed by atoms with E-state index in [0.717, 1.165) is 83.0 Å². The zero-order valence-electron chi connectivity index (χ0n) is 22.3. The van der Waals surface area contributed by atoms with E-state index >= 15 is 0 Å². The number of hydrogen-bond donors (Lipinski definition) is 0. The van der Waals surface area contributed by atoms with Gasteiger partial charge in [0.05, 0.1) is 15.9 Å². The van der Waals surface area contributed by atoms with Crippen molar-refractivity contribution in [2.45, 2.75) is 12.8 Å². The van der Waals surface area contributed by atoms with E-state index in [4.69, 9.17) is 9.97 Å². The highest BCUT2D eigenvalue weighted by atomic mass is 32.1. The minimum absolute atomic E-state index is 0.738. The van der Waals surface area contributed by atoms with Gasteiger partial charge in [-0.05, 0) is 76.7 Å². The first kappa shape index (κ1) is 26.8. The van der Waals surface area contributed by atoms with Gasteiger partial charge in [-0.2, -0.15) is 0 Å². The standard InChI is InChI=1S/C30H36N6S/c1-35(2)18-5-16-31-21-23-7-11-25(12-8-23)28-29-27(15-20-37-29)33-30(34-28)26-13-9-24(10-14-26)22-32-17-6-19-36(3)4/h7-15,20-22H,5-6,16-19H2,1-4H3. The van der Waals surface area contributed by atoms with E-state index in [1.807, 2.05) is 12.4 Å². The zero-order valence-corrected chi connectivity index (χ0v) is 23.1. The summed E-state index contributed by atoms with van der Waals surface area (Å²) in [5.74, 6) is 0.738. The second-order valence-electron chi connectivity index (χ2n) is 9.66. The minimum Gasteiger partial charge on any atom is -0.309 e. The highest BCUT2D eigenvalue weighted by molar-refractivity contribution is 7.17. The van der Waals surface area contributed by atoms with E-state index in [2.05, 4.69) is 108 Å². The molecule has 2 aromatic heterocycles. The molecule has 2 aromatic carbocycles. The van der Waals surface area contributed by atoms with Crippen LogP contribution in [0.1, 0.15) is 24.0 Å². The van der Waals surface area contributed by atoms with Crippen molar-refractivity contribution in [3.63, 3.8) is 0 Å². The molecule has 0 aliphatic carbocycles. The van der Waals surface area contributed by atoms with Crippen LogP contribution >= 0.6 is 11.3 Å². The zero-order chi connectivity index (χ0) is 26.0. The van der Waals surface area contributed by atoms with Crippen LogP contribution in [0.3, 0.4) is 0 Å². The summed E-state index contributed by atoms with van der Waals surface area (Å²) in [6.07, 6.45) is 6.02. The van der Waals surface area contributed by atoms with Crippen molar-refractivity contribution in [1.29, 1.82) is 0 Å². The molecule has 6 nitrogen and oxygen atoms in total. The summed E-state index contributed by atoms with van der Waals surface area (Å²) in [6.45, 7) is 3.78. The molecule has 4 rings (SSSR count). The third-order valence-electron chi connectivity index (χ3n) is 5.92. The van der Waals surface area contributed by atoms with Gasteiger partial charge in [-0.3, -0.25) is 9.98 Å². The van der Waals surface area contributed by atoms with Crippen molar-refractivity contribution in [2.24, 2.45) is 9.98 Å². The van der Waals surface area contributed by atoms with Crippen LogP contribution in [0.25, 0.3) is 32.9 Å². The normalized spacial score (nSPS) is 12.2. The van der Waals surface area contributed by atoms with Crippen LogP contribution < -0.4 is 0 Å². The smallest absolute Gasteiger partial charge is 0.160 e. The van der Waals surface area contributed by atoms with Gasteiger partial charge in [0, 0.05) is 36.6 Å². The van der Waals surface area contributed by atoms with Gasteiger partial charge in [0.1, 0.15) is 0 Å². The third kappa shape index (κ3) is 7.86. The molecular formula is C30H36N6S. The summed E-state index contributed by atoms with van der Waals surface area (Å²) in [7, 11) is 8.35. The van der Waals surface area contributed by atoms with E-state index in [9.17, 15) is 0 Å². The Bertz CT molecular complexity index is 1320. The number of benzene rings is 2. The molecule has 4 aromatic rings. The fraction of sp³-hybridized carbons (Fsp3) is 0.333. The largest absolute Gasteiger partial charge is 0.309 e. The molecule has 2 heterocycles. The number of nitrogens with zero attached hydrogens (tertiary/aromatic N) is 6. The van der Waals surface area contributed by atoms with Crippen LogP contribution in [0.5, 0.6) is 0 Å². The molecule has 0 atom stereocenters. The van der Waals surface area contributed by atoms with Gasteiger partial charge < -0.3 is 9.80 Å². The van der Waals surface area contributed by atoms with Crippen LogP contribution in [0.15, 0.2) is 70.0 Å². The lowest BCUT2D eigenvalue weighted by Gasteiger charge is -2.08. The highest BCUT2D eigenvalue weighted by Crippen LogP contribution is 2.32. The van der Waals surface area contributed by atoms with Crippen molar-refractivity contribution in [3.05, 3.63) is 71.1 Å². The number of fused-ring (bicyclic) bond motifs is 1. The van der Waals surface area contributed by atoms with Gasteiger partial charge in [-0.1, -0.05) is 48.5 Å². The summed E-state index contributed by atoms with van der Waals surface area (Å²) in [4.78, 5) is 23.3. The van der Waals surface area contributed by atoms with Gasteiger partial charge in [0.2, 0.25) is 0 Å². The summed E-state index contributed by atoms with van der Waals surface area (Å²) in [6, 6.07) is 18.9. The number of aromatic nitrogens is 2. The van der Waals surface area contributed by atoms with Crippen molar-refractivity contribution < 1.29 is 0 Å². The Morgan fingerprint density at radius 2 is 1.24 bits per heavy atom. The van der Waals surface area contributed by atoms with Gasteiger partial charge in [0.15, 0.2) is 5.82 Å². The Morgan fingerprint density at radius 3 is 1.78 bits per heavy atom. The van der Waals surface area contributed by atoms with Crippen molar-refractivity contribution in [3.8, 4) is 22.6 Å². The second-order valence-corrected chi connectivity index (χ2v) is 10.6. The SMILES string of the molecule is CN(C)CCCN=Cc1ccc(-c2nc(-c3ccc(C=NCCCN(C)C)cc3)c3sccc3n2)cc1. The molecule has 0 unspecified atom stereocenters. The van der Waals surface area contributed by atoms with Gasteiger partial charge in [-0.15, -0.1) is 11.3 Å². The number of aliphatic imine (C=N–C) groups is 2. The molecule has 192 valence electrons. The summed E-state index contributed by atoms with van der Waals surface area (Å²) < 4.78 is 1.11. The van der Waals surface area contributed by atoms with E-state index in [0.29, 0.717) is 0 Å². The predicted molar refractivity (Wildman–Crippen MR) is 160 cm³/mol. The molecule has 0 amide bonds. The molecule has 7 heteroatoms. The van der Waals surface area contributed by atoms with Crippen molar-refractivity contribution >= 4 is 34.0 Å². The second kappa shape index (κ2) is 13.3. The molecular weight excluding hydrogens is 476 g/mol. The number of thiophene rings is 1. The fourth-order valence-electron chi connectivity index (χ4n) is 3.93. The minimum atomic E-state index is 0.738. The average Bonchev–Trinajstić information content (AvgIpc) is 3.37. The maximum atomic E-state index is 5.00. The molecule has 0 aliphatic heterocycles. The maximum absolute atomic E-state index is 5.00. The Hall–Kier alpha value is -3.26. The molecule has 0 aliphatic rings. The van der Waals surface area contributed by atoms with Crippen LogP contribution in [-0.4, -0.2) is 86.6 Å². The molecule has 0 bridgehead atoms. The quantitative estimate of drug-likeness (QED) is 0.179. The van der Waals surface area contributed by atoms with Gasteiger partial charge >= 0.3 is 0 Å². The van der Waals surface area contributed by atoms with Crippen molar-refractivity contribution in [2.75, 3.05) is 54.4 Å². The van der Waals surface area contributed by atoms with E-state index < -0.39 is 0 Å². The van der Waals surface area contributed by atoms with Crippen LogP contribution in [-0.2, 0) is 0 Å². The highest BCUT2D eigenvalue weighted by Gasteiger charge is 2.12. The first-order valence-electron chi connectivity index (χ1n) is 12.7. The first-order valence-corrected chi connectivity index (χ1v) is 13.6. The lowest BCUT2D eigenvalue weighted by Crippen LogP contribution is -2.13. The monoisotopic (exact) mass is 512 g/mol. The number of hydrogen-bond acceptors (Lipinski definition) is 7. The van der Waals surface area contributed by atoms with Crippen LogP contribution in [0, 0.1) is 0 Å². The lowest BCUT2D eigenvalue weighted by molar-refractivity contribution is 0.403.